The van der Waals surface area contributed by atoms with Gasteiger partial charge in [-0.3, -0.25) is 4.79 Å². The molecule has 0 fully saturated rings. The van der Waals surface area contributed by atoms with Crippen LogP contribution in [-0.4, -0.2) is 12.5 Å². The summed E-state index contributed by atoms with van der Waals surface area (Å²) in [6, 6.07) is 0. The summed E-state index contributed by atoms with van der Waals surface area (Å²) in [5.41, 5.74) is 2.68. The molecule has 0 rings (SSSR count). The Labute approximate surface area is 195 Å². The zero-order valence-corrected chi connectivity index (χ0v) is 20.0. The maximum absolute atomic E-state index is 10.5. The first-order chi connectivity index (χ1) is 11.3. The molecular formula is C20H42KNO2. The molecule has 0 aromatic carbocycles. The standard InChI is InChI=1S/C20H41NO2.K.H/c1-3-4-5-6-7-8-9-10-11-12-13-14-15-16-17-18-19-21-23-20(2)22;;/h21H,3-19H2,1-2H3;;/q;+1;-1. The molecule has 0 heterocycles. The number of hydrogen-bond donors (Lipinski definition) is 1. The molecule has 0 aromatic heterocycles. The Bertz CT molecular complexity index is 256. The van der Waals surface area contributed by atoms with Crippen LogP contribution in [0.25, 0.3) is 0 Å². The molecule has 0 bridgehead atoms. The Balaban J connectivity index is -0.00000242. The maximum Gasteiger partial charge on any atom is 1.00 e. The van der Waals surface area contributed by atoms with Crippen LogP contribution in [-0.2, 0) is 9.63 Å². The normalized spacial score (nSPS) is 10.4. The molecule has 0 aliphatic rings. The van der Waals surface area contributed by atoms with Crippen molar-refractivity contribution in [3.8, 4) is 0 Å². The van der Waals surface area contributed by atoms with E-state index < -0.39 is 0 Å². The van der Waals surface area contributed by atoms with E-state index >= 15 is 0 Å². The fourth-order valence-electron chi connectivity index (χ4n) is 2.90. The van der Waals surface area contributed by atoms with Gasteiger partial charge in [0.05, 0.1) is 0 Å². The molecule has 1 N–H and O–H groups in total. The van der Waals surface area contributed by atoms with Crippen LogP contribution in [0.5, 0.6) is 0 Å². The summed E-state index contributed by atoms with van der Waals surface area (Å²) < 4.78 is 0. The minimum absolute atomic E-state index is 0. The van der Waals surface area contributed by atoms with E-state index in [0.717, 1.165) is 13.0 Å². The van der Waals surface area contributed by atoms with Gasteiger partial charge in [0.2, 0.25) is 0 Å². The molecule has 0 amide bonds. The van der Waals surface area contributed by atoms with Crippen LogP contribution < -0.4 is 56.9 Å². The number of nitrogens with one attached hydrogen (secondary N) is 1. The van der Waals surface area contributed by atoms with Gasteiger partial charge in [0.25, 0.3) is 0 Å². The van der Waals surface area contributed by atoms with Crippen molar-refractivity contribution in [1.82, 2.24) is 5.48 Å². The first-order valence-electron chi connectivity index (χ1n) is 10.2. The fourth-order valence-corrected chi connectivity index (χ4v) is 2.90. The first-order valence-corrected chi connectivity index (χ1v) is 10.2. The Morgan fingerprint density at radius 1 is 0.708 bits per heavy atom. The van der Waals surface area contributed by atoms with E-state index in [1.54, 1.807) is 0 Å². The second-order valence-electron chi connectivity index (χ2n) is 6.79. The van der Waals surface area contributed by atoms with Gasteiger partial charge in [0.15, 0.2) is 0 Å². The van der Waals surface area contributed by atoms with Crippen LogP contribution in [0.15, 0.2) is 0 Å². The fraction of sp³-hybridized carbons (Fsp3) is 0.950. The van der Waals surface area contributed by atoms with Crippen LogP contribution in [0.4, 0.5) is 0 Å². The molecule has 0 spiro atoms. The molecule has 24 heavy (non-hydrogen) atoms. The predicted octanol–water partition coefficient (Wildman–Crippen LogP) is 3.43. The summed E-state index contributed by atoms with van der Waals surface area (Å²) in [6.45, 7) is 4.47. The number of carbonyl (C=O) groups excluding carboxylic acids is 1. The van der Waals surface area contributed by atoms with Gasteiger partial charge in [0.1, 0.15) is 0 Å². The van der Waals surface area contributed by atoms with E-state index in [2.05, 4.69) is 17.2 Å². The van der Waals surface area contributed by atoms with Crippen molar-refractivity contribution in [1.29, 1.82) is 0 Å². The minimum atomic E-state index is -0.263. The van der Waals surface area contributed by atoms with Gasteiger partial charge < -0.3 is 6.26 Å². The molecule has 0 aromatic rings. The second kappa shape index (κ2) is 24.1. The van der Waals surface area contributed by atoms with Gasteiger partial charge in [-0.2, -0.15) is 5.48 Å². The van der Waals surface area contributed by atoms with E-state index in [1.165, 1.54) is 103 Å². The monoisotopic (exact) mass is 367 g/mol. The number of rotatable bonds is 18. The third-order valence-electron chi connectivity index (χ3n) is 4.35. The zero-order valence-electron chi connectivity index (χ0n) is 17.8. The maximum atomic E-state index is 10.5. The van der Waals surface area contributed by atoms with E-state index in [4.69, 9.17) is 0 Å². The molecule has 0 saturated carbocycles. The van der Waals surface area contributed by atoms with E-state index in [0.29, 0.717) is 0 Å². The number of hydrogen-bond acceptors (Lipinski definition) is 3. The smallest absolute Gasteiger partial charge is 1.00 e. The summed E-state index contributed by atoms with van der Waals surface area (Å²) in [7, 11) is 0. The molecule has 140 valence electrons. The van der Waals surface area contributed by atoms with Crippen molar-refractivity contribution < 1.29 is 62.4 Å². The Kier molecular flexibility index (Phi) is 27.4. The molecule has 0 saturated heterocycles. The van der Waals surface area contributed by atoms with Gasteiger partial charge in [0, 0.05) is 13.5 Å². The Hall–Kier alpha value is 1.07. The predicted molar refractivity (Wildman–Crippen MR) is 100 cm³/mol. The van der Waals surface area contributed by atoms with Crippen molar-refractivity contribution in [2.45, 2.75) is 117 Å². The van der Waals surface area contributed by atoms with E-state index in [1.807, 2.05) is 0 Å². The van der Waals surface area contributed by atoms with E-state index in [9.17, 15) is 4.79 Å². The van der Waals surface area contributed by atoms with Crippen LogP contribution in [0.3, 0.4) is 0 Å². The van der Waals surface area contributed by atoms with Gasteiger partial charge in [-0.05, 0) is 6.42 Å². The third-order valence-corrected chi connectivity index (χ3v) is 4.35. The molecule has 0 aliphatic heterocycles. The van der Waals surface area contributed by atoms with Gasteiger partial charge in [-0.15, -0.1) is 0 Å². The zero-order chi connectivity index (χ0) is 17.0. The number of hydroxylamine groups is 1. The summed E-state index contributed by atoms with van der Waals surface area (Å²) in [6.07, 6.45) is 22.1. The summed E-state index contributed by atoms with van der Waals surface area (Å²) >= 11 is 0. The van der Waals surface area contributed by atoms with E-state index in [-0.39, 0.29) is 58.8 Å². The third kappa shape index (κ3) is 25.3. The van der Waals surface area contributed by atoms with Gasteiger partial charge in [-0.25, -0.2) is 0 Å². The van der Waals surface area contributed by atoms with Crippen LogP contribution in [0, 0.1) is 0 Å². The van der Waals surface area contributed by atoms with Crippen LogP contribution in [0.1, 0.15) is 118 Å². The topological polar surface area (TPSA) is 38.3 Å². The second-order valence-corrected chi connectivity index (χ2v) is 6.79. The van der Waals surface area contributed by atoms with Crippen molar-refractivity contribution >= 4 is 5.97 Å². The van der Waals surface area contributed by atoms with Crippen molar-refractivity contribution in [3.63, 3.8) is 0 Å². The molecule has 0 unspecified atom stereocenters. The van der Waals surface area contributed by atoms with Gasteiger partial charge >= 0.3 is 57.4 Å². The van der Waals surface area contributed by atoms with Crippen molar-refractivity contribution in [2.75, 3.05) is 6.54 Å². The largest absolute Gasteiger partial charge is 1.00 e. The SMILES string of the molecule is CCCCCCCCCCCCCCCCCCNOC(C)=O.[H-].[K+]. The molecular weight excluding hydrogens is 325 g/mol. The Morgan fingerprint density at radius 2 is 1.04 bits per heavy atom. The molecule has 4 heteroatoms. The molecule has 3 nitrogen and oxygen atoms in total. The van der Waals surface area contributed by atoms with Crippen LogP contribution >= 0.6 is 0 Å². The average Bonchev–Trinajstić information content (AvgIpc) is 2.53. The quantitative estimate of drug-likeness (QED) is 0.229. The summed E-state index contributed by atoms with van der Waals surface area (Å²) in [5, 5.41) is 0. The summed E-state index contributed by atoms with van der Waals surface area (Å²) in [5.74, 6) is -0.263. The Morgan fingerprint density at radius 3 is 1.38 bits per heavy atom. The van der Waals surface area contributed by atoms with Gasteiger partial charge in [-0.1, -0.05) is 103 Å². The molecule has 0 aliphatic carbocycles. The van der Waals surface area contributed by atoms with Crippen molar-refractivity contribution in [2.24, 2.45) is 0 Å². The van der Waals surface area contributed by atoms with Crippen LogP contribution in [0.2, 0.25) is 0 Å². The minimum Gasteiger partial charge on any atom is -1.00 e. The van der Waals surface area contributed by atoms with Crippen molar-refractivity contribution in [3.05, 3.63) is 0 Å². The number of unbranched alkanes of at least 4 members (excludes halogenated alkanes) is 15. The number of carbonyl (C=O) groups is 1. The summed E-state index contributed by atoms with van der Waals surface area (Å²) in [4.78, 5) is 15.2. The average molecular weight is 368 g/mol. The molecule has 0 atom stereocenters. The molecule has 0 radical (unpaired) electrons. The first kappa shape index (κ1) is 27.3.